The number of aromatic carboxylic acids is 1. The van der Waals surface area contributed by atoms with Crippen LogP contribution in [0.2, 0.25) is 0 Å². The maximum Gasteiger partial charge on any atom is 0.335 e. The number of benzene rings is 2. The van der Waals surface area contributed by atoms with Gasteiger partial charge >= 0.3 is 5.97 Å². The number of methoxy groups -OCH3 is 2. The van der Waals surface area contributed by atoms with E-state index in [1.807, 2.05) is 24.3 Å². The van der Waals surface area contributed by atoms with Crippen LogP contribution in [-0.4, -0.2) is 35.7 Å². The van der Waals surface area contributed by atoms with Crippen LogP contribution in [0, 0.1) is 0 Å². The standard InChI is InChI=1S/C19H18N2O6S/c1-26-14-6-3-12(4-7-14)17-9-10-18(28-17)21(24,25)20-15-8-5-13(19(22)23)11-16(15)27-2/h3-11,20,24-25H,1-2H3/p+1. The number of nitrogens with zero attached hydrogens (tertiary/aromatic N) is 1. The van der Waals surface area contributed by atoms with E-state index in [0.717, 1.165) is 16.2 Å². The first kappa shape index (κ1) is 19.6. The normalized spacial score (nSPS) is 11.1. The summed E-state index contributed by atoms with van der Waals surface area (Å²) in [5.74, 6) is -0.216. The predicted octanol–water partition coefficient (Wildman–Crippen LogP) is 4.24. The fourth-order valence-electron chi connectivity index (χ4n) is 2.55. The number of ether oxygens (including phenoxy) is 2. The van der Waals surface area contributed by atoms with Crippen LogP contribution in [0.15, 0.2) is 54.6 Å². The topological polar surface area (TPSA) is 108 Å². The number of carbonyl (C=O) groups is 1. The van der Waals surface area contributed by atoms with Crippen LogP contribution >= 0.6 is 11.3 Å². The molecule has 0 saturated heterocycles. The lowest BCUT2D eigenvalue weighted by atomic mass is 10.2. The third-order valence-electron chi connectivity index (χ3n) is 4.00. The van der Waals surface area contributed by atoms with Gasteiger partial charge in [0.1, 0.15) is 17.2 Å². The van der Waals surface area contributed by atoms with Crippen molar-refractivity contribution in [2.24, 2.45) is 0 Å². The SMILES string of the molecule is COc1ccc(-c2ccc([N+](O)(O)Nc3ccc(C(=O)O)cc3OC)s2)cc1. The van der Waals surface area contributed by atoms with E-state index in [9.17, 15) is 15.2 Å². The molecule has 3 rings (SSSR count). The Bertz CT molecular complexity index is 984. The minimum absolute atomic E-state index is 0.0225. The molecule has 2 aromatic carbocycles. The van der Waals surface area contributed by atoms with Crippen LogP contribution in [0.1, 0.15) is 10.4 Å². The van der Waals surface area contributed by atoms with Gasteiger partial charge in [0, 0.05) is 10.9 Å². The van der Waals surface area contributed by atoms with Crippen LogP contribution in [0.3, 0.4) is 0 Å². The van der Waals surface area contributed by atoms with E-state index in [-0.39, 0.29) is 22.0 Å². The van der Waals surface area contributed by atoms with Crippen molar-refractivity contribution in [2.75, 3.05) is 19.6 Å². The predicted molar refractivity (Wildman–Crippen MR) is 105 cm³/mol. The smallest absolute Gasteiger partial charge is 0.335 e. The molecule has 9 heteroatoms. The summed E-state index contributed by atoms with van der Waals surface area (Å²) in [5, 5.41) is 30.2. The van der Waals surface area contributed by atoms with Gasteiger partial charge in [-0.2, -0.15) is 5.43 Å². The van der Waals surface area contributed by atoms with Crippen molar-refractivity contribution in [2.45, 2.75) is 0 Å². The third-order valence-corrected chi connectivity index (χ3v) is 5.19. The number of rotatable bonds is 7. The lowest BCUT2D eigenvalue weighted by molar-refractivity contribution is -0.270. The van der Waals surface area contributed by atoms with Crippen LogP contribution in [-0.2, 0) is 0 Å². The number of anilines is 1. The van der Waals surface area contributed by atoms with Crippen molar-refractivity contribution >= 4 is 28.0 Å². The van der Waals surface area contributed by atoms with Crippen molar-refractivity contribution < 1.29 is 29.8 Å². The molecule has 0 aliphatic carbocycles. The zero-order chi connectivity index (χ0) is 20.3. The molecule has 146 valence electrons. The van der Waals surface area contributed by atoms with Crippen molar-refractivity contribution in [1.29, 1.82) is 0 Å². The molecule has 0 amide bonds. The maximum atomic E-state index is 11.1. The van der Waals surface area contributed by atoms with Gasteiger partial charge in [0.25, 0.3) is 5.00 Å². The minimum Gasteiger partial charge on any atom is -0.497 e. The Morgan fingerprint density at radius 1 is 1.00 bits per heavy atom. The molecule has 1 aromatic heterocycles. The van der Waals surface area contributed by atoms with Crippen LogP contribution in [0.5, 0.6) is 11.5 Å². The first-order valence-electron chi connectivity index (χ1n) is 8.13. The average Bonchev–Trinajstić information content (AvgIpc) is 3.19. The minimum atomic E-state index is -1.62. The molecule has 8 nitrogen and oxygen atoms in total. The number of thiophene rings is 1. The van der Waals surface area contributed by atoms with Gasteiger partial charge in [-0.3, -0.25) is 0 Å². The molecule has 0 spiro atoms. The summed E-state index contributed by atoms with van der Waals surface area (Å²) in [4.78, 5) is 10.3. The molecule has 0 atom stereocenters. The summed E-state index contributed by atoms with van der Waals surface area (Å²) in [6.07, 6.45) is 0. The summed E-state index contributed by atoms with van der Waals surface area (Å²) in [7, 11) is 2.95. The highest BCUT2D eigenvalue weighted by atomic mass is 32.1. The maximum absolute atomic E-state index is 11.1. The van der Waals surface area contributed by atoms with Crippen LogP contribution in [0.25, 0.3) is 10.4 Å². The van der Waals surface area contributed by atoms with Crippen molar-refractivity contribution in [1.82, 2.24) is 4.92 Å². The van der Waals surface area contributed by atoms with Crippen LogP contribution in [0.4, 0.5) is 10.7 Å². The molecule has 1 heterocycles. The third kappa shape index (κ3) is 4.07. The van der Waals surface area contributed by atoms with Crippen molar-refractivity contribution in [3.05, 3.63) is 60.2 Å². The van der Waals surface area contributed by atoms with E-state index in [1.165, 1.54) is 36.6 Å². The molecule has 0 bridgehead atoms. The number of hydrogen-bond donors (Lipinski definition) is 4. The number of nitrogens with one attached hydrogen (secondary N) is 1. The van der Waals surface area contributed by atoms with E-state index < -0.39 is 10.9 Å². The zero-order valence-corrected chi connectivity index (χ0v) is 15.9. The van der Waals surface area contributed by atoms with E-state index in [2.05, 4.69) is 5.43 Å². The molecule has 0 aliphatic heterocycles. The largest absolute Gasteiger partial charge is 0.497 e. The molecule has 0 saturated carbocycles. The van der Waals surface area contributed by atoms with Gasteiger partial charge in [-0.15, -0.1) is 10.4 Å². The second kappa shape index (κ2) is 7.87. The Balaban J connectivity index is 1.85. The van der Waals surface area contributed by atoms with Crippen molar-refractivity contribution in [3.63, 3.8) is 0 Å². The van der Waals surface area contributed by atoms with E-state index >= 15 is 0 Å². The molecular formula is C19H19N2O6S+. The molecule has 3 aromatic rings. The van der Waals surface area contributed by atoms with Gasteiger partial charge in [-0.1, -0.05) is 11.3 Å². The molecule has 0 aliphatic rings. The van der Waals surface area contributed by atoms with Crippen molar-refractivity contribution in [3.8, 4) is 21.9 Å². The second-order valence-electron chi connectivity index (χ2n) is 5.80. The summed E-state index contributed by atoms with van der Waals surface area (Å²) >= 11 is 1.18. The molecule has 0 radical (unpaired) electrons. The highest BCUT2D eigenvalue weighted by molar-refractivity contribution is 7.19. The number of quaternary nitrogens is 1. The van der Waals surface area contributed by atoms with Gasteiger partial charge in [-0.05, 0) is 54.1 Å². The Labute approximate surface area is 164 Å². The van der Waals surface area contributed by atoms with Crippen LogP contribution < -0.4 is 19.8 Å². The number of carboxylic acid groups (broad SMARTS) is 1. The number of hydrogen-bond acceptors (Lipinski definition) is 7. The summed E-state index contributed by atoms with van der Waals surface area (Å²) in [6, 6.07) is 14.8. The quantitative estimate of drug-likeness (QED) is 0.345. The molecule has 0 unspecified atom stereocenters. The second-order valence-corrected chi connectivity index (χ2v) is 6.86. The summed E-state index contributed by atoms with van der Waals surface area (Å²) in [6.45, 7) is 0. The van der Waals surface area contributed by atoms with Gasteiger partial charge in [-0.25, -0.2) is 4.79 Å². The Hall–Kier alpha value is -3.11. The first-order valence-corrected chi connectivity index (χ1v) is 8.94. The van der Waals surface area contributed by atoms with E-state index in [4.69, 9.17) is 14.6 Å². The van der Waals surface area contributed by atoms with Gasteiger partial charge in [0.15, 0.2) is 0 Å². The van der Waals surface area contributed by atoms with Gasteiger partial charge in [0.05, 0.1) is 24.7 Å². The Morgan fingerprint density at radius 2 is 1.71 bits per heavy atom. The summed E-state index contributed by atoms with van der Waals surface area (Å²) in [5.41, 5.74) is 3.67. The zero-order valence-electron chi connectivity index (χ0n) is 15.1. The Kier molecular flexibility index (Phi) is 5.52. The molecule has 0 fully saturated rings. The highest BCUT2D eigenvalue weighted by Gasteiger charge is 2.31. The van der Waals surface area contributed by atoms with E-state index in [0.29, 0.717) is 0 Å². The van der Waals surface area contributed by atoms with Gasteiger partial charge < -0.3 is 14.6 Å². The van der Waals surface area contributed by atoms with Gasteiger partial charge in [0.2, 0.25) is 0 Å². The Morgan fingerprint density at radius 3 is 2.32 bits per heavy atom. The first-order chi connectivity index (χ1) is 13.3. The monoisotopic (exact) mass is 403 g/mol. The lowest BCUT2D eigenvalue weighted by Crippen LogP contribution is -2.47. The molecule has 4 N–H and O–H groups in total. The molecular weight excluding hydrogens is 384 g/mol. The number of carboxylic acids is 1. The fraction of sp³-hybridized carbons (Fsp3) is 0.105. The fourth-order valence-corrected chi connectivity index (χ4v) is 3.47. The average molecular weight is 403 g/mol. The van der Waals surface area contributed by atoms with E-state index in [1.54, 1.807) is 19.2 Å². The lowest BCUT2D eigenvalue weighted by Gasteiger charge is -2.21. The molecule has 28 heavy (non-hydrogen) atoms. The highest BCUT2D eigenvalue weighted by Crippen LogP contribution is 2.37. The summed E-state index contributed by atoms with van der Waals surface area (Å²) < 4.78 is 10.3.